The van der Waals surface area contributed by atoms with Crippen molar-refractivity contribution in [3.63, 3.8) is 0 Å². The van der Waals surface area contributed by atoms with E-state index < -0.39 is 0 Å². The Kier molecular flexibility index (Phi) is 5.30. The van der Waals surface area contributed by atoms with E-state index in [1.54, 1.807) is 6.20 Å². The van der Waals surface area contributed by atoms with Crippen LogP contribution in [-0.4, -0.2) is 20.8 Å². The zero-order chi connectivity index (χ0) is 14.4. The molecule has 1 atom stereocenters. The molecule has 0 aliphatic heterocycles. The lowest BCUT2D eigenvalue weighted by Crippen LogP contribution is -2.25. The zero-order valence-electron chi connectivity index (χ0n) is 12.4. The first-order valence-electron chi connectivity index (χ1n) is 7.43. The molecule has 20 heavy (non-hydrogen) atoms. The number of nitrogens with zero attached hydrogens (tertiary/aromatic N) is 3. The van der Waals surface area contributed by atoms with E-state index >= 15 is 0 Å². The topological polar surface area (TPSA) is 56.7 Å². The van der Waals surface area contributed by atoms with Gasteiger partial charge < -0.3 is 5.73 Å². The number of aromatic nitrogens is 3. The Hall–Kier alpha value is -1.68. The summed E-state index contributed by atoms with van der Waals surface area (Å²) in [6.45, 7) is 5.16. The molecule has 0 spiro atoms. The van der Waals surface area contributed by atoms with Gasteiger partial charge in [0.25, 0.3) is 0 Å². The molecule has 0 aliphatic carbocycles. The van der Waals surface area contributed by atoms with Crippen molar-refractivity contribution in [2.45, 2.75) is 52.1 Å². The smallest absolute Gasteiger partial charge is 0.0624 e. The van der Waals surface area contributed by atoms with E-state index in [2.05, 4.69) is 40.7 Å². The molecule has 2 N–H and O–H groups in total. The monoisotopic (exact) mass is 272 g/mol. The first kappa shape index (κ1) is 14.7. The lowest BCUT2D eigenvalue weighted by atomic mass is 10.0. The quantitative estimate of drug-likeness (QED) is 0.842. The summed E-state index contributed by atoms with van der Waals surface area (Å²) in [5.41, 5.74) is 9.92. The molecule has 2 rings (SSSR count). The van der Waals surface area contributed by atoms with Gasteiger partial charge in [0.2, 0.25) is 0 Å². The standard InChI is InChI=1S/C16H24N4/c1-3-15-11-16(20(4-2)19-15)10-14(17)8-7-13-6-5-9-18-12-13/h5-6,9,11-12,14H,3-4,7-8,10,17H2,1-2H3. The van der Waals surface area contributed by atoms with Gasteiger partial charge in [-0.1, -0.05) is 13.0 Å². The molecular weight excluding hydrogens is 248 g/mol. The van der Waals surface area contributed by atoms with Crippen molar-refractivity contribution in [2.24, 2.45) is 5.73 Å². The maximum Gasteiger partial charge on any atom is 0.0624 e. The lowest BCUT2D eigenvalue weighted by molar-refractivity contribution is 0.553. The molecule has 1 unspecified atom stereocenters. The van der Waals surface area contributed by atoms with Crippen LogP contribution in [0.15, 0.2) is 30.6 Å². The van der Waals surface area contributed by atoms with Crippen LogP contribution >= 0.6 is 0 Å². The van der Waals surface area contributed by atoms with Gasteiger partial charge in [-0.15, -0.1) is 0 Å². The molecule has 2 aromatic heterocycles. The SMILES string of the molecule is CCc1cc(CC(N)CCc2cccnc2)n(CC)n1. The molecule has 2 heterocycles. The Morgan fingerprint density at radius 1 is 1.35 bits per heavy atom. The van der Waals surface area contributed by atoms with E-state index in [4.69, 9.17) is 5.73 Å². The lowest BCUT2D eigenvalue weighted by Gasteiger charge is -2.12. The van der Waals surface area contributed by atoms with Crippen LogP contribution in [-0.2, 0) is 25.8 Å². The van der Waals surface area contributed by atoms with E-state index in [-0.39, 0.29) is 6.04 Å². The molecule has 4 nitrogen and oxygen atoms in total. The van der Waals surface area contributed by atoms with Gasteiger partial charge in [0.1, 0.15) is 0 Å². The van der Waals surface area contributed by atoms with E-state index in [0.717, 1.165) is 37.9 Å². The summed E-state index contributed by atoms with van der Waals surface area (Å²) in [6, 6.07) is 6.43. The highest BCUT2D eigenvalue weighted by molar-refractivity contribution is 5.13. The molecule has 0 saturated carbocycles. The summed E-state index contributed by atoms with van der Waals surface area (Å²) in [5, 5.41) is 4.57. The Bertz CT molecular complexity index is 519. The normalized spacial score (nSPS) is 12.6. The molecule has 2 aromatic rings. The number of hydrogen-bond donors (Lipinski definition) is 1. The fourth-order valence-electron chi connectivity index (χ4n) is 2.39. The fraction of sp³-hybridized carbons (Fsp3) is 0.500. The second-order valence-electron chi connectivity index (χ2n) is 5.16. The largest absolute Gasteiger partial charge is 0.327 e. The van der Waals surface area contributed by atoms with Crippen LogP contribution in [0.5, 0.6) is 0 Å². The number of pyridine rings is 1. The van der Waals surface area contributed by atoms with Crippen LogP contribution in [0.1, 0.15) is 37.2 Å². The van der Waals surface area contributed by atoms with Crippen LogP contribution in [0, 0.1) is 0 Å². The minimum atomic E-state index is 0.168. The maximum atomic E-state index is 6.27. The Labute approximate surface area is 121 Å². The van der Waals surface area contributed by atoms with E-state index in [9.17, 15) is 0 Å². The third kappa shape index (κ3) is 3.90. The van der Waals surface area contributed by atoms with Crippen LogP contribution in [0.2, 0.25) is 0 Å². The van der Waals surface area contributed by atoms with E-state index in [1.807, 2.05) is 12.3 Å². The molecule has 0 bridgehead atoms. The summed E-state index contributed by atoms with van der Waals surface area (Å²) < 4.78 is 2.07. The molecule has 108 valence electrons. The second-order valence-corrected chi connectivity index (χ2v) is 5.16. The third-order valence-electron chi connectivity index (χ3n) is 3.57. The maximum absolute atomic E-state index is 6.27. The average molecular weight is 272 g/mol. The first-order chi connectivity index (χ1) is 9.72. The predicted octanol–water partition coefficient (Wildman–Crippen LogP) is 2.36. The van der Waals surface area contributed by atoms with Crippen molar-refractivity contribution in [1.82, 2.24) is 14.8 Å². The molecule has 0 saturated heterocycles. The van der Waals surface area contributed by atoms with Crippen molar-refractivity contribution in [1.29, 1.82) is 0 Å². The van der Waals surface area contributed by atoms with E-state index in [0.29, 0.717) is 0 Å². The van der Waals surface area contributed by atoms with E-state index in [1.165, 1.54) is 11.3 Å². The molecule has 0 aliphatic rings. The van der Waals surface area contributed by atoms with Crippen LogP contribution in [0.25, 0.3) is 0 Å². The van der Waals surface area contributed by atoms with Gasteiger partial charge in [0.05, 0.1) is 5.69 Å². The Balaban J connectivity index is 1.91. The summed E-state index contributed by atoms with van der Waals surface area (Å²) in [6.07, 6.45) is 7.54. The Morgan fingerprint density at radius 3 is 2.85 bits per heavy atom. The zero-order valence-corrected chi connectivity index (χ0v) is 12.4. The van der Waals surface area contributed by atoms with Gasteiger partial charge in [-0.25, -0.2) is 0 Å². The van der Waals surface area contributed by atoms with Crippen LogP contribution < -0.4 is 5.73 Å². The van der Waals surface area contributed by atoms with Crippen molar-refractivity contribution >= 4 is 0 Å². The molecule has 0 fully saturated rings. The second kappa shape index (κ2) is 7.20. The number of nitrogens with two attached hydrogens (primary N) is 1. The van der Waals surface area contributed by atoms with Gasteiger partial charge in [0.15, 0.2) is 0 Å². The fourth-order valence-corrected chi connectivity index (χ4v) is 2.39. The minimum absolute atomic E-state index is 0.168. The highest BCUT2D eigenvalue weighted by Crippen LogP contribution is 2.11. The molecule has 0 radical (unpaired) electrons. The van der Waals surface area contributed by atoms with Gasteiger partial charge in [-0.2, -0.15) is 5.10 Å². The van der Waals surface area contributed by atoms with Crippen molar-refractivity contribution in [3.8, 4) is 0 Å². The molecule has 0 aromatic carbocycles. The minimum Gasteiger partial charge on any atom is -0.327 e. The average Bonchev–Trinajstić information content (AvgIpc) is 2.88. The summed E-state index contributed by atoms with van der Waals surface area (Å²) >= 11 is 0. The van der Waals surface area contributed by atoms with Crippen LogP contribution in [0.4, 0.5) is 0 Å². The molecular formula is C16H24N4. The summed E-state index contributed by atoms with van der Waals surface area (Å²) in [4.78, 5) is 4.13. The van der Waals surface area contributed by atoms with Gasteiger partial charge in [0, 0.05) is 37.1 Å². The van der Waals surface area contributed by atoms with Crippen LogP contribution in [0.3, 0.4) is 0 Å². The molecule has 0 amide bonds. The Morgan fingerprint density at radius 2 is 2.20 bits per heavy atom. The number of rotatable bonds is 7. The summed E-state index contributed by atoms with van der Waals surface area (Å²) in [7, 11) is 0. The van der Waals surface area contributed by atoms with Gasteiger partial charge in [-0.05, 0) is 43.9 Å². The third-order valence-corrected chi connectivity index (χ3v) is 3.57. The number of hydrogen-bond acceptors (Lipinski definition) is 3. The number of aryl methyl sites for hydroxylation is 3. The van der Waals surface area contributed by atoms with Crippen molar-refractivity contribution in [2.75, 3.05) is 0 Å². The highest BCUT2D eigenvalue weighted by Gasteiger charge is 2.10. The molecule has 4 heteroatoms. The van der Waals surface area contributed by atoms with Gasteiger partial charge >= 0.3 is 0 Å². The predicted molar refractivity (Wildman–Crippen MR) is 81.5 cm³/mol. The van der Waals surface area contributed by atoms with Crippen molar-refractivity contribution in [3.05, 3.63) is 47.5 Å². The van der Waals surface area contributed by atoms with Crippen molar-refractivity contribution < 1.29 is 0 Å². The van der Waals surface area contributed by atoms with Gasteiger partial charge in [-0.3, -0.25) is 9.67 Å². The highest BCUT2D eigenvalue weighted by atomic mass is 15.3. The summed E-state index contributed by atoms with van der Waals surface area (Å²) in [5.74, 6) is 0. The first-order valence-corrected chi connectivity index (χ1v) is 7.43.